The molecule has 0 bridgehead atoms. The smallest absolute Gasteiger partial charge is 0.369 e. The first kappa shape index (κ1) is 14.4. The zero-order valence-electron chi connectivity index (χ0n) is 10.2. The molecule has 0 saturated heterocycles. The van der Waals surface area contributed by atoms with Crippen LogP contribution in [-0.2, 0) is 6.18 Å². The summed E-state index contributed by atoms with van der Waals surface area (Å²) >= 11 is 3.01. The van der Waals surface area contributed by atoms with Gasteiger partial charge in [0.1, 0.15) is 5.82 Å². The van der Waals surface area contributed by atoms with E-state index in [0.29, 0.717) is 11.0 Å². The van der Waals surface area contributed by atoms with Crippen molar-refractivity contribution >= 4 is 21.7 Å². The Balaban J connectivity index is 2.03. The van der Waals surface area contributed by atoms with Gasteiger partial charge in [-0.1, -0.05) is 11.6 Å². The zero-order valence-corrected chi connectivity index (χ0v) is 11.8. The molecular weight excluding hydrogens is 321 g/mol. The first-order valence-corrected chi connectivity index (χ1v) is 6.90. The van der Waals surface area contributed by atoms with Crippen LogP contribution in [0.1, 0.15) is 31.2 Å². The number of nitrogens with one attached hydrogen (secondary N) is 1. The molecule has 0 unspecified atom stereocenters. The van der Waals surface area contributed by atoms with Gasteiger partial charge in [0.2, 0.25) is 0 Å². The topological polar surface area (TPSA) is 24.9 Å². The lowest BCUT2D eigenvalue weighted by atomic mass is 10.1. The van der Waals surface area contributed by atoms with Gasteiger partial charge in [0.25, 0.3) is 0 Å². The van der Waals surface area contributed by atoms with Crippen LogP contribution in [0.15, 0.2) is 28.4 Å². The van der Waals surface area contributed by atoms with Crippen LogP contribution >= 0.6 is 15.9 Å². The van der Waals surface area contributed by atoms with Crippen LogP contribution in [0, 0.1) is 0 Å². The quantitative estimate of drug-likeness (QED) is 0.802. The van der Waals surface area contributed by atoms with Crippen LogP contribution in [0.2, 0.25) is 0 Å². The van der Waals surface area contributed by atoms with E-state index >= 15 is 0 Å². The van der Waals surface area contributed by atoms with Crippen LogP contribution in [0.4, 0.5) is 19.0 Å². The molecule has 0 aromatic carbocycles. The summed E-state index contributed by atoms with van der Waals surface area (Å²) in [4.78, 5) is 3.81. The van der Waals surface area contributed by atoms with Crippen LogP contribution in [0.5, 0.6) is 0 Å². The molecule has 1 aliphatic carbocycles. The van der Waals surface area contributed by atoms with E-state index < -0.39 is 11.7 Å². The van der Waals surface area contributed by atoms with Crippen LogP contribution in [-0.4, -0.2) is 11.5 Å². The number of alkyl halides is 3. The summed E-state index contributed by atoms with van der Waals surface area (Å²) in [6.07, 6.45) is 3.20. The van der Waals surface area contributed by atoms with Gasteiger partial charge in [-0.3, -0.25) is 0 Å². The molecule has 6 heteroatoms. The predicted octanol–water partition coefficient (Wildman–Crippen LogP) is 4.78. The lowest BCUT2D eigenvalue weighted by molar-refractivity contribution is -0.137. The predicted molar refractivity (Wildman–Crippen MR) is 72.0 cm³/mol. The highest BCUT2D eigenvalue weighted by Gasteiger charge is 2.34. The Morgan fingerprint density at radius 2 is 2.16 bits per heavy atom. The third kappa shape index (κ3) is 3.96. The number of hydrogen-bond acceptors (Lipinski definition) is 2. The number of nitrogens with zero attached hydrogens (tertiary/aromatic N) is 1. The molecule has 1 aromatic rings. The van der Waals surface area contributed by atoms with Gasteiger partial charge in [-0.05, 0) is 47.7 Å². The highest BCUT2D eigenvalue weighted by atomic mass is 79.9. The number of anilines is 1. The third-order valence-electron chi connectivity index (χ3n) is 3.03. The van der Waals surface area contributed by atoms with Gasteiger partial charge < -0.3 is 5.32 Å². The molecule has 1 aromatic heterocycles. The summed E-state index contributed by atoms with van der Waals surface area (Å²) in [6, 6.07) is 1.05. The molecule has 1 aliphatic rings. The van der Waals surface area contributed by atoms with Gasteiger partial charge in [0, 0.05) is 17.2 Å². The normalized spacial score (nSPS) is 15.5. The Hall–Kier alpha value is -1.04. The maximum atomic E-state index is 12.8. The summed E-state index contributed by atoms with van der Waals surface area (Å²) in [6.45, 7) is 0.476. The average molecular weight is 335 g/mol. The maximum Gasteiger partial charge on any atom is 0.419 e. The molecule has 1 heterocycles. The molecule has 1 N–H and O–H groups in total. The number of hydrogen-bond donors (Lipinski definition) is 1. The highest BCUT2D eigenvalue weighted by molar-refractivity contribution is 9.10. The van der Waals surface area contributed by atoms with Crippen molar-refractivity contribution in [2.24, 2.45) is 0 Å². The highest BCUT2D eigenvalue weighted by Crippen LogP contribution is 2.35. The van der Waals surface area contributed by atoms with Gasteiger partial charge in [0.15, 0.2) is 0 Å². The standard InChI is InChI=1S/C13H14BrF3N2/c14-10-7-11(13(15,16)17)12(19-8-10)18-6-5-9-3-1-2-4-9/h3,7-8H,1-2,4-6H2,(H,18,19). The molecule has 2 rings (SSSR count). The zero-order chi connectivity index (χ0) is 13.9. The minimum absolute atomic E-state index is 0.103. The molecule has 0 atom stereocenters. The van der Waals surface area contributed by atoms with E-state index in [1.807, 2.05) is 0 Å². The van der Waals surface area contributed by atoms with Gasteiger partial charge in [0.05, 0.1) is 5.56 Å². The fourth-order valence-corrected chi connectivity index (χ4v) is 2.43. The van der Waals surface area contributed by atoms with E-state index in [9.17, 15) is 13.2 Å². The second-order valence-corrected chi connectivity index (χ2v) is 5.39. The Labute approximate surface area is 118 Å². The fourth-order valence-electron chi connectivity index (χ4n) is 2.10. The minimum Gasteiger partial charge on any atom is -0.369 e. The van der Waals surface area contributed by atoms with Crippen LogP contribution < -0.4 is 5.32 Å². The third-order valence-corrected chi connectivity index (χ3v) is 3.47. The van der Waals surface area contributed by atoms with Gasteiger partial charge in [-0.15, -0.1) is 0 Å². The second-order valence-electron chi connectivity index (χ2n) is 4.48. The van der Waals surface area contributed by atoms with Crippen molar-refractivity contribution in [1.29, 1.82) is 0 Å². The van der Waals surface area contributed by atoms with E-state index in [1.54, 1.807) is 0 Å². The van der Waals surface area contributed by atoms with Crippen LogP contribution in [0.25, 0.3) is 0 Å². The molecule has 0 radical (unpaired) electrons. The average Bonchev–Trinajstić information content (AvgIpc) is 2.83. The molecule has 0 aliphatic heterocycles. The Morgan fingerprint density at radius 1 is 1.37 bits per heavy atom. The number of halogens is 4. The van der Waals surface area contributed by atoms with Gasteiger partial charge >= 0.3 is 6.18 Å². The lowest BCUT2D eigenvalue weighted by Gasteiger charge is -2.14. The van der Waals surface area contributed by atoms with Crippen molar-refractivity contribution in [3.63, 3.8) is 0 Å². The summed E-state index contributed by atoms with van der Waals surface area (Å²) in [7, 11) is 0. The van der Waals surface area contributed by atoms with E-state index in [1.165, 1.54) is 11.8 Å². The SMILES string of the molecule is FC(F)(F)c1cc(Br)cnc1NCCC1=CCCC1. The summed E-state index contributed by atoms with van der Waals surface area (Å²) < 4.78 is 38.9. The second kappa shape index (κ2) is 5.94. The van der Waals surface area contributed by atoms with Gasteiger partial charge in [-0.2, -0.15) is 13.2 Å². The minimum atomic E-state index is -4.40. The molecular formula is C13H14BrF3N2. The van der Waals surface area contributed by atoms with Crippen molar-refractivity contribution in [3.05, 3.63) is 33.9 Å². The van der Waals surface area contributed by atoms with Crippen molar-refractivity contribution in [3.8, 4) is 0 Å². The monoisotopic (exact) mass is 334 g/mol. The molecule has 19 heavy (non-hydrogen) atoms. The van der Waals surface area contributed by atoms with E-state index in [-0.39, 0.29) is 5.82 Å². The molecule has 0 spiro atoms. The van der Waals surface area contributed by atoms with E-state index in [0.717, 1.165) is 31.7 Å². The maximum absolute atomic E-state index is 12.8. The fraction of sp³-hybridized carbons (Fsp3) is 0.462. The molecule has 2 nitrogen and oxygen atoms in total. The molecule has 0 saturated carbocycles. The number of aromatic nitrogens is 1. The largest absolute Gasteiger partial charge is 0.419 e. The lowest BCUT2D eigenvalue weighted by Crippen LogP contribution is -2.13. The Bertz CT molecular complexity index is 483. The first-order valence-electron chi connectivity index (χ1n) is 6.11. The summed E-state index contributed by atoms with van der Waals surface area (Å²) in [5.41, 5.74) is 0.584. The van der Waals surface area contributed by atoms with E-state index in [2.05, 4.69) is 32.3 Å². The Morgan fingerprint density at radius 3 is 2.79 bits per heavy atom. The summed E-state index contributed by atoms with van der Waals surface area (Å²) in [5, 5.41) is 2.78. The molecule has 0 fully saturated rings. The van der Waals surface area contributed by atoms with Crippen molar-refractivity contribution in [2.45, 2.75) is 31.9 Å². The molecule has 104 valence electrons. The Kier molecular flexibility index (Phi) is 4.50. The van der Waals surface area contributed by atoms with Crippen LogP contribution in [0.3, 0.4) is 0 Å². The van der Waals surface area contributed by atoms with Crippen molar-refractivity contribution in [2.75, 3.05) is 11.9 Å². The number of pyridine rings is 1. The van der Waals surface area contributed by atoms with Crippen molar-refractivity contribution < 1.29 is 13.2 Å². The summed E-state index contributed by atoms with van der Waals surface area (Å²) in [5.74, 6) is -0.103. The molecule has 0 amide bonds. The number of allylic oxidation sites excluding steroid dienone is 1. The van der Waals surface area contributed by atoms with E-state index in [4.69, 9.17) is 0 Å². The number of rotatable bonds is 4. The van der Waals surface area contributed by atoms with Crippen molar-refractivity contribution in [1.82, 2.24) is 4.98 Å². The first-order chi connectivity index (χ1) is 8.97. The van der Waals surface area contributed by atoms with Gasteiger partial charge in [-0.25, -0.2) is 4.98 Å².